The predicted molar refractivity (Wildman–Crippen MR) is 122 cm³/mol. The van der Waals surface area contributed by atoms with Crippen LogP contribution in [0.3, 0.4) is 0 Å². The lowest BCUT2D eigenvalue weighted by Gasteiger charge is -2.28. The highest BCUT2D eigenvalue weighted by Gasteiger charge is 2.49. The molecule has 0 radical (unpaired) electrons. The average molecular weight is 527 g/mol. The molecule has 4 rings (SSSR count). The minimum Gasteiger partial charge on any atom is -0.333 e. The highest BCUT2D eigenvalue weighted by atomic mass is 32.2. The number of rotatable bonds is 5. The molecule has 0 aliphatic heterocycles. The van der Waals surface area contributed by atoms with E-state index in [2.05, 4.69) is 4.98 Å². The van der Waals surface area contributed by atoms with Crippen LogP contribution in [0.4, 0.5) is 22.0 Å². The molecule has 12 heteroatoms. The normalized spacial score (nSPS) is 15.5. The van der Waals surface area contributed by atoms with Crippen molar-refractivity contribution in [3.8, 4) is 17.5 Å². The summed E-state index contributed by atoms with van der Waals surface area (Å²) in [6.45, 7) is 2.69. The minimum absolute atomic E-state index is 0.0193. The number of fused-ring (bicyclic) bond motifs is 1. The molecule has 192 valence electrons. The van der Waals surface area contributed by atoms with E-state index in [9.17, 15) is 31.2 Å². The van der Waals surface area contributed by atoms with Crippen LogP contribution >= 0.6 is 0 Å². The van der Waals surface area contributed by atoms with Crippen LogP contribution < -0.4 is 4.72 Å². The largest absolute Gasteiger partial charge is 0.407 e. The second kappa shape index (κ2) is 8.81. The second-order valence-corrected chi connectivity index (χ2v) is 11.1. The summed E-state index contributed by atoms with van der Waals surface area (Å²) in [6, 6.07) is 5.22. The molecule has 1 aliphatic carbocycles. The number of hydrogen-bond donors (Lipinski definition) is 1. The molecule has 0 atom stereocenters. The Balaban J connectivity index is 1.88. The molecule has 1 fully saturated rings. The first kappa shape index (κ1) is 26.0. The van der Waals surface area contributed by atoms with Gasteiger partial charge in [-0.1, -0.05) is 12.8 Å². The van der Waals surface area contributed by atoms with Gasteiger partial charge in [0.2, 0.25) is 10.0 Å². The molecule has 0 bridgehead atoms. The number of hydrogen-bond acceptors (Lipinski definition) is 4. The van der Waals surface area contributed by atoms with E-state index in [0.29, 0.717) is 26.7 Å². The van der Waals surface area contributed by atoms with Crippen molar-refractivity contribution in [3.05, 3.63) is 47.2 Å². The van der Waals surface area contributed by atoms with Gasteiger partial charge in [0.25, 0.3) is 0 Å². The first-order valence-electron chi connectivity index (χ1n) is 11.2. The Hall–Kier alpha value is -3.04. The third kappa shape index (κ3) is 4.24. The highest BCUT2D eigenvalue weighted by Crippen LogP contribution is 2.42. The van der Waals surface area contributed by atoms with Crippen molar-refractivity contribution in [2.24, 2.45) is 0 Å². The van der Waals surface area contributed by atoms with Gasteiger partial charge in [-0.05, 0) is 51.8 Å². The fraction of sp³-hybridized carbons (Fsp3) is 0.417. The molecular weight excluding hydrogens is 503 g/mol. The lowest BCUT2D eigenvalue weighted by atomic mass is 10.1. The average Bonchev–Trinajstić information content (AvgIpc) is 3.42. The fourth-order valence-electron chi connectivity index (χ4n) is 4.51. The number of halogens is 5. The van der Waals surface area contributed by atoms with E-state index in [1.54, 1.807) is 9.29 Å². The number of aromatic nitrogens is 2. The van der Waals surface area contributed by atoms with Gasteiger partial charge >= 0.3 is 6.18 Å². The SMILES string of the molecule is Cc1c(F)cc2c(C#N)c(-c3ccc(S(=O)(=O)NC(C)(C)C(F)(F)F)cn3)n(C3CCCC3)c2c1F. The van der Waals surface area contributed by atoms with Gasteiger partial charge < -0.3 is 4.57 Å². The number of nitrogens with one attached hydrogen (secondary N) is 1. The Morgan fingerprint density at radius 2 is 1.81 bits per heavy atom. The second-order valence-electron chi connectivity index (χ2n) is 9.44. The predicted octanol–water partition coefficient (Wildman–Crippen LogP) is 5.90. The number of nitrogens with zero attached hydrogens (tertiary/aromatic N) is 3. The standard InChI is InChI=1S/C24H23F5N4O2S/c1-13-18(25)10-16-17(11-30)21(33(22(16)20(13)26)14-6-4-5-7-14)19-9-8-15(12-31-19)36(34,35)32-23(2,3)24(27,28)29/h8-10,12,14,32H,4-7H2,1-3H3. The molecule has 3 aromatic rings. The van der Waals surface area contributed by atoms with Crippen LogP contribution in [-0.4, -0.2) is 29.7 Å². The summed E-state index contributed by atoms with van der Waals surface area (Å²) in [5, 5.41) is 10.0. The van der Waals surface area contributed by atoms with Crippen LogP contribution in [0.1, 0.15) is 56.7 Å². The Labute approximate surface area is 204 Å². The van der Waals surface area contributed by atoms with Gasteiger partial charge in [0.1, 0.15) is 22.3 Å². The van der Waals surface area contributed by atoms with Gasteiger partial charge in [-0.25, -0.2) is 17.2 Å². The van der Waals surface area contributed by atoms with Gasteiger partial charge in [0.15, 0.2) is 5.82 Å². The fourth-order valence-corrected chi connectivity index (χ4v) is 5.86. The zero-order valence-electron chi connectivity index (χ0n) is 19.7. The van der Waals surface area contributed by atoms with Crippen molar-refractivity contribution in [2.75, 3.05) is 0 Å². The van der Waals surface area contributed by atoms with E-state index < -0.39 is 38.3 Å². The summed E-state index contributed by atoms with van der Waals surface area (Å²) in [5.41, 5.74) is -2.55. The van der Waals surface area contributed by atoms with Crippen molar-refractivity contribution >= 4 is 20.9 Å². The Morgan fingerprint density at radius 3 is 2.33 bits per heavy atom. The number of alkyl halides is 3. The van der Waals surface area contributed by atoms with E-state index in [4.69, 9.17) is 0 Å². The van der Waals surface area contributed by atoms with E-state index in [1.807, 2.05) is 6.07 Å². The molecule has 0 unspecified atom stereocenters. The highest BCUT2D eigenvalue weighted by molar-refractivity contribution is 7.89. The topological polar surface area (TPSA) is 87.8 Å². The van der Waals surface area contributed by atoms with E-state index >= 15 is 4.39 Å². The third-order valence-electron chi connectivity index (χ3n) is 6.60. The van der Waals surface area contributed by atoms with Crippen LogP contribution in [-0.2, 0) is 10.0 Å². The van der Waals surface area contributed by atoms with Gasteiger partial charge in [0, 0.05) is 23.2 Å². The van der Waals surface area contributed by atoms with Crippen LogP contribution in [0.15, 0.2) is 29.3 Å². The number of pyridine rings is 1. The van der Waals surface area contributed by atoms with Crippen molar-refractivity contribution in [2.45, 2.75) is 69.1 Å². The number of nitriles is 1. The van der Waals surface area contributed by atoms with Crippen molar-refractivity contribution < 1.29 is 30.4 Å². The van der Waals surface area contributed by atoms with E-state index in [1.165, 1.54) is 13.0 Å². The Kier molecular flexibility index (Phi) is 6.37. The summed E-state index contributed by atoms with van der Waals surface area (Å²) < 4.78 is 97.8. The molecular formula is C24H23F5N4O2S. The summed E-state index contributed by atoms with van der Waals surface area (Å²) in [4.78, 5) is 3.61. The molecule has 1 N–H and O–H groups in total. The maximum Gasteiger partial charge on any atom is 0.407 e. The Morgan fingerprint density at radius 1 is 1.17 bits per heavy atom. The van der Waals surface area contributed by atoms with Crippen LogP contribution in [0.25, 0.3) is 22.3 Å². The first-order chi connectivity index (χ1) is 16.7. The number of benzene rings is 1. The molecule has 36 heavy (non-hydrogen) atoms. The molecule has 2 heterocycles. The molecule has 0 saturated heterocycles. The lowest BCUT2D eigenvalue weighted by Crippen LogP contribution is -2.54. The summed E-state index contributed by atoms with van der Waals surface area (Å²) in [5.74, 6) is -1.60. The van der Waals surface area contributed by atoms with Crippen molar-refractivity contribution in [3.63, 3.8) is 0 Å². The smallest absolute Gasteiger partial charge is 0.333 e. The zero-order chi connectivity index (χ0) is 26.6. The van der Waals surface area contributed by atoms with E-state index in [-0.39, 0.29) is 39.5 Å². The number of sulfonamides is 1. The van der Waals surface area contributed by atoms with E-state index in [0.717, 1.165) is 31.2 Å². The maximum absolute atomic E-state index is 15.3. The first-order valence-corrected chi connectivity index (χ1v) is 12.7. The molecule has 2 aromatic heterocycles. The third-order valence-corrected chi connectivity index (χ3v) is 8.24. The van der Waals surface area contributed by atoms with Gasteiger partial charge in [0.05, 0.1) is 22.5 Å². The van der Waals surface area contributed by atoms with Gasteiger partial charge in [-0.3, -0.25) is 4.98 Å². The Bertz CT molecular complexity index is 1480. The molecule has 1 aliphatic rings. The van der Waals surface area contributed by atoms with Crippen LogP contribution in [0.5, 0.6) is 0 Å². The lowest BCUT2D eigenvalue weighted by molar-refractivity contribution is -0.180. The minimum atomic E-state index is -4.84. The molecule has 1 saturated carbocycles. The van der Waals surface area contributed by atoms with Crippen molar-refractivity contribution in [1.82, 2.24) is 14.3 Å². The quantitative estimate of drug-likeness (QED) is 0.420. The molecule has 0 amide bonds. The van der Waals surface area contributed by atoms with Gasteiger partial charge in [-0.15, -0.1) is 0 Å². The molecule has 0 spiro atoms. The zero-order valence-corrected chi connectivity index (χ0v) is 20.5. The van der Waals surface area contributed by atoms with Gasteiger partial charge in [-0.2, -0.15) is 23.2 Å². The summed E-state index contributed by atoms with van der Waals surface area (Å²) in [6.07, 6.45) is -0.822. The maximum atomic E-state index is 15.3. The molecule has 6 nitrogen and oxygen atoms in total. The monoisotopic (exact) mass is 526 g/mol. The van der Waals surface area contributed by atoms with Crippen LogP contribution in [0.2, 0.25) is 0 Å². The van der Waals surface area contributed by atoms with Crippen molar-refractivity contribution in [1.29, 1.82) is 5.26 Å². The summed E-state index contributed by atoms with van der Waals surface area (Å²) >= 11 is 0. The van der Waals surface area contributed by atoms with Crippen LogP contribution in [0, 0.1) is 29.9 Å². The summed E-state index contributed by atoms with van der Waals surface area (Å²) in [7, 11) is -4.60. The molecule has 1 aromatic carbocycles.